The second-order valence-corrected chi connectivity index (χ2v) is 6.43. The molecule has 0 radical (unpaired) electrons. The van der Waals surface area contributed by atoms with Crippen LogP contribution in [0.3, 0.4) is 0 Å². The van der Waals surface area contributed by atoms with Gasteiger partial charge in [0.2, 0.25) is 0 Å². The minimum Gasteiger partial charge on any atom is -0.393 e. The smallest absolute Gasteiger partial charge is 0.0656 e. The zero-order valence-electron chi connectivity index (χ0n) is 14.3. The zero-order valence-corrected chi connectivity index (χ0v) is 14.3. The average molecular weight is 300 g/mol. The molecule has 4 unspecified atom stereocenters. The van der Waals surface area contributed by atoms with Gasteiger partial charge in [0.25, 0.3) is 0 Å². The molecule has 0 bridgehead atoms. The van der Waals surface area contributed by atoms with Crippen LogP contribution in [0.25, 0.3) is 0 Å². The van der Waals surface area contributed by atoms with Crippen LogP contribution in [0.15, 0.2) is 0 Å². The predicted molar refractivity (Wildman–Crippen MR) is 87.3 cm³/mol. The number of rotatable bonds is 5. The molecule has 2 aliphatic carbocycles. The molecule has 2 fully saturated rings. The number of hydrogen-bond acceptors (Lipinski definition) is 3. The SMILES string of the molecule is CC.CCCOC(C1CCCCC1)C1CCC(O)CC1O. The van der Waals surface area contributed by atoms with E-state index in [0.29, 0.717) is 12.3 Å². The minimum absolute atomic E-state index is 0.211. The van der Waals surface area contributed by atoms with Crippen molar-refractivity contribution in [3.8, 4) is 0 Å². The van der Waals surface area contributed by atoms with Gasteiger partial charge < -0.3 is 14.9 Å². The highest BCUT2D eigenvalue weighted by atomic mass is 16.5. The fourth-order valence-electron chi connectivity index (χ4n) is 3.86. The van der Waals surface area contributed by atoms with Crippen LogP contribution in [0, 0.1) is 11.8 Å². The summed E-state index contributed by atoms with van der Waals surface area (Å²) in [5.74, 6) is 0.855. The van der Waals surface area contributed by atoms with Crippen LogP contribution in [0.2, 0.25) is 0 Å². The quantitative estimate of drug-likeness (QED) is 0.809. The molecule has 3 nitrogen and oxygen atoms in total. The van der Waals surface area contributed by atoms with E-state index in [1.54, 1.807) is 0 Å². The van der Waals surface area contributed by atoms with Crippen LogP contribution in [-0.2, 0) is 4.74 Å². The van der Waals surface area contributed by atoms with Crippen LogP contribution >= 0.6 is 0 Å². The maximum Gasteiger partial charge on any atom is 0.0656 e. The van der Waals surface area contributed by atoms with Crippen molar-refractivity contribution in [2.45, 2.75) is 96.9 Å². The topological polar surface area (TPSA) is 49.7 Å². The summed E-state index contributed by atoms with van der Waals surface area (Å²) in [5, 5.41) is 20.0. The Bertz CT molecular complexity index is 251. The van der Waals surface area contributed by atoms with Gasteiger partial charge in [0.1, 0.15) is 0 Å². The van der Waals surface area contributed by atoms with Crippen molar-refractivity contribution in [3.63, 3.8) is 0 Å². The van der Waals surface area contributed by atoms with Crippen LogP contribution in [0.4, 0.5) is 0 Å². The molecule has 2 aliphatic rings. The van der Waals surface area contributed by atoms with Crippen molar-refractivity contribution < 1.29 is 14.9 Å². The van der Waals surface area contributed by atoms with Gasteiger partial charge in [-0.05, 0) is 44.4 Å². The lowest BCUT2D eigenvalue weighted by Crippen LogP contribution is -2.44. The summed E-state index contributed by atoms with van der Waals surface area (Å²) in [6.07, 6.45) is 9.28. The lowest BCUT2D eigenvalue weighted by atomic mass is 9.73. The van der Waals surface area contributed by atoms with Gasteiger partial charge >= 0.3 is 0 Å². The Labute approximate surface area is 131 Å². The Morgan fingerprint density at radius 1 is 1.00 bits per heavy atom. The molecule has 0 aromatic heterocycles. The highest BCUT2D eigenvalue weighted by Crippen LogP contribution is 2.37. The second-order valence-electron chi connectivity index (χ2n) is 6.43. The van der Waals surface area contributed by atoms with Gasteiger partial charge in [-0.1, -0.05) is 40.0 Å². The first kappa shape index (κ1) is 18.9. The van der Waals surface area contributed by atoms with Crippen molar-refractivity contribution in [1.29, 1.82) is 0 Å². The number of hydrogen-bond donors (Lipinski definition) is 2. The number of aliphatic hydroxyl groups excluding tert-OH is 2. The van der Waals surface area contributed by atoms with Gasteiger partial charge in [-0.15, -0.1) is 0 Å². The first-order chi connectivity index (χ1) is 10.2. The summed E-state index contributed by atoms with van der Waals surface area (Å²) in [4.78, 5) is 0. The van der Waals surface area contributed by atoms with Crippen molar-refractivity contribution in [2.24, 2.45) is 11.8 Å². The van der Waals surface area contributed by atoms with Crippen LogP contribution < -0.4 is 0 Å². The Morgan fingerprint density at radius 2 is 1.67 bits per heavy atom. The molecule has 2 rings (SSSR count). The average Bonchev–Trinajstić information content (AvgIpc) is 2.52. The minimum atomic E-state index is -0.382. The summed E-state index contributed by atoms with van der Waals surface area (Å²) in [5.41, 5.74) is 0. The molecule has 21 heavy (non-hydrogen) atoms. The van der Waals surface area contributed by atoms with E-state index in [-0.39, 0.29) is 24.2 Å². The summed E-state index contributed by atoms with van der Waals surface area (Å²) in [6.45, 7) is 6.94. The summed E-state index contributed by atoms with van der Waals surface area (Å²) in [6, 6.07) is 0. The van der Waals surface area contributed by atoms with E-state index in [2.05, 4.69) is 6.92 Å². The Hall–Kier alpha value is -0.120. The van der Waals surface area contributed by atoms with Gasteiger partial charge in [0.05, 0.1) is 18.3 Å². The molecule has 0 aromatic carbocycles. The molecule has 0 spiro atoms. The highest BCUT2D eigenvalue weighted by molar-refractivity contribution is 4.89. The molecule has 126 valence electrons. The Balaban J connectivity index is 0.00000106. The van der Waals surface area contributed by atoms with Crippen LogP contribution in [-0.4, -0.2) is 35.1 Å². The summed E-state index contributed by atoms with van der Waals surface area (Å²) < 4.78 is 6.13. The van der Waals surface area contributed by atoms with Crippen molar-refractivity contribution in [3.05, 3.63) is 0 Å². The molecule has 2 N–H and O–H groups in total. The van der Waals surface area contributed by atoms with Crippen molar-refractivity contribution in [2.75, 3.05) is 6.61 Å². The van der Waals surface area contributed by atoms with Gasteiger partial charge in [0, 0.05) is 12.5 Å². The number of aliphatic hydroxyl groups is 2. The van der Waals surface area contributed by atoms with Crippen molar-refractivity contribution >= 4 is 0 Å². The van der Waals surface area contributed by atoms with E-state index in [0.717, 1.165) is 25.9 Å². The molecule has 0 saturated heterocycles. The van der Waals surface area contributed by atoms with Gasteiger partial charge in [-0.2, -0.15) is 0 Å². The first-order valence-electron chi connectivity index (χ1n) is 9.20. The Morgan fingerprint density at radius 3 is 2.24 bits per heavy atom. The van der Waals surface area contributed by atoms with Crippen LogP contribution in [0.1, 0.15) is 78.6 Å². The fraction of sp³-hybridized carbons (Fsp3) is 1.00. The third kappa shape index (κ3) is 5.88. The van der Waals surface area contributed by atoms with E-state index in [9.17, 15) is 10.2 Å². The standard InChI is InChI=1S/C16H30O3.C2H6/c1-2-10-19-16(12-6-4-3-5-7-12)14-9-8-13(17)11-15(14)18;1-2/h12-18H,2-11H2,1H3;1-2H3. The largest absolute Gasteiger partial charge is 0.393 e. The van der Waals surface area contributed by atoms with Gasteiger partial charge in [0.15, 0.2) is 0 Å². The maximum atomic E-state index is 10.3. The lowest BCUT2D eigenvalue weighted by molar-refractivity contribution is -0.102. The maximum absolute atomic E-state index is 10.3. The van der Waals surface area contributed by atoms with E-state index < -0.39 is 0 Å². The lowest BCUT2D eigenvalue weighted by Gasteiger charge is -2.41. The van der Waals surface area contributed by atoms with E-state index in [1.165, 1.54) is 32.1 Å². The van der Waals surface area contributed by atoms with Gasteiger partial charge in [-0.25, -0.2) is 0 Å². The molecule has 4 atom stereocenters. The number of ether oxygens (including phenoxy) is 1. The van der Waals surface area contributed by atoms with E-state index in [4.69, 9.17) is 4.74 Å². The summed E-state index contributed by atoms with van der Waals surface area (Å²) in [7, 11) is 0. The first-order valence-corrected chi connectivity index (χ1v) is 9.20. The monoisotopic (exact) mass is 300 g/mol. The third-order valence-electron chi connectivity index (χ3n) is 4.89. The molecule has 2 saturated carbocycles. The molecular weight excluding hydrogens is 264 g/mol. The Kier molecular flexibility index (Phi) is 9.54. The van der Waals surface area contributed by atoms with Gasteiger partial charge in [-0.3, -0.25) is 0 Å². The summed E-state index contributed by atoms with van der Waals surface area (Å²) >= 11 is 0. The molecular formula is C18H36O3. The van der Waals surface area contributed by atoms with E-state index >= 15 is 0 Å². The highest BCUT2D eigenvalue weighted by Gasteiger charge is 2.38. The normalized spacial score (nSPS) is 32.1. The van der Waals surface area contributed by atoms with Crippen molar-refractivity contribution in [1.82, 2.24) is 0 Å². The fourth-order valence-corrected chi connectivity index (χ4v) is 3.86. The molecule has 0 heterocycles. The predicted octanol–water partition coefficient (Wildman–Crippen LogP) is 3.91. The molecule has 0 aliphatic heterocycles. The molecule has 3 heteroatoms. The molecule has 0 amide bonds. The zero-order chi connectivity index (χ0) is 15.7. The van der Waals surface area contributed by atoms with E-state index in [1.807, 2.05) is 13.8 Å². The third-order valence-corrected chi connectivity index (χ3v) is 4.89. The second kappa shape index (κ2) is 10.6. The van der Waals surface area contributed by atoms with Crippen LogP contribution in [0.5, 0.6) is 0 Å². The molecule has 0 aromatic rings.